The molecule has 0 aliphatic heterocycles. The van der Waals surface area contributed by atoms with Gasteiger partial charge in [-0.25, -0.2) is 0 Å². The average Bonchev–Trinajstić information content (AvgIpc) is 2.90. The van der Waals surface area contributed by atoms with E-state index in [4.69, 9.17) is 17.3 Å². The highest BCUT2D eigenvalue weighted by Gasteiger charge is 2.23. The number of aromatic nitrogens is 3. The first-order valence-corrected chi connectivity index (χ1v) is 8.40. The van der Waals surface area contributed by atoms with E-state index in [2.05, 4.69) is 10.2 Å². The highest BCUT2D eigenvalue weighted by atomic mass is 35.5. The molecule has 8 heteroatoms. The summed E-state index contributed by atoms with van der Waals surface area (Å²) in [7, 11) is 3.95. The van der Waals surface area contributed by atoms with Crippen LogP contribution in [-0.2, 0) is 4.79 Å². The Morgan fingerprint density at radius 3 is 2.39 bits per heavy atom. The second-order valence-corrected chi connectivity index (χ2v) is 7.20. The molecule has 23 heavy (non-hydrogen) atoms. The number of carbonyl (C=O) groups is 1. The summed E-state index contributed by atoms with van der Waals surface area (Å²) in [4.78, 5) is 13.4. The first-order valence-electron chi connectivity index (χ1n) is 7.15. The molecule has 0 saturated heterocycles. The Kier molecular flexibility index (Phi) is 5.67. The predicted octanol–water partition coefficient (Wildman–Crippen LogP) is 2.51. The first kappa shape index (κ1) is 17.8. The molecular formula is C15H20ClN5OS. The second-order valence-electron chi connectivity index (χ2n) is 5.45. The van der Waals surface area contributed by atoms with Gasteiger partial charge in [0.2, 0.25) is 5.91 Å². The van der Waals surface area contributed by atoms with E-state index >= 15 is 0 Å². The van der Waals surface area contributed by atoms with E-state index in [0.29, 0.717) is 10.2 Å². The molecule has 0 unspecified atom stereocenters. The Morgan fingerprint density at radius 1 is 1.26 bits per heavy atom. The minimum Gasteiger partial charge on any atom is -0.369 e. The quantitative estimate of drug-likeness (QED) is 0.807. The normalized spacial score (nSPS) is 14.0. The molecule has 1 heterocycles. The molecule has 0 bridgehead atoms. The third-order valence-corrected chi connectivity index (χ3v) is 4.89. The lowest BCUT2D eigenvalue weighted by atomic mass is 10.2. The van der Waals surface area contributed by atoms with Crippen LogP contribution in [0.25, 0.3) is 5.69 Å². The van der Waals surface area contributed by atoms with E-state index in [0.717, 1.165) is 11.5 Å². The van der Waals surface area contributed by atoms with Crippen molar-refractivity contribution >= 4 is 29.3 Å². The van der Waals surface area contributed by atoms with Gasteiger partial charge in [-0.2, -0.15) is 0 Å². The molecule has 0 spiro atoms. The zero-order valence-corrected chi connectivity index (χ0v) is 15.1. The van der Waals surface area contributed by atoms with E-state index < -0.39 is 5.25 Å². The van der Waals surface area contributed by atoms with Crippen molar-refractivity contribution in [3.05, 3.63) is 35.1 Å². The Balaban J connectivity index is 2.51. The van der Waals surface area contributed by atoms with Crippen LogP contribution in [0.4, 0.5) is 0 Å². The molecule has 1 amide bonds. The summed E-state index contributed by atoms with van der Waals surface area (Å²) in [5.74, 6) is 0.402. The Hall–Kier alpha value is -1.57. The number of hydrogen-bond donors (Lipinski definition) is 1. The third-order valence-electron chi connectivity index (χ3n) is 3.57. The molecule has 0 aliphatic carbocycles. The van der Waals surface area contributed by atoms with Crippen molar-refractivity contribution in [3.8, 4) is 5.69 Å². The number of carbonyl (C=O) groups excluding carboxylic acids is 1. The van der Waals surface area contributed by atoms with Gasteiger partial charge in [0.25, 0.3) is 0 Å². The van der Waals surface area contributed by atoms with Crippen LogP contribution >= 0.6 is 23.4 Å². The zero-order valence-electron chi connectivity index (χ0n) is 13.5. The largest absolute Gasteiger partial charge is 0.369 e. The average molecular weight is 354 g/mol. The van der Waals surface area contributed by atoms with Crippen molar-refractivity contribution < 1.29 is 4.79 Å². The highest BCUT2D eigenvalue weighted by molar-refractivity contribution is 8.00. The van der Waals surface area contributed by atoms with Gasteiger partial charge in [0.05, 0.1) is 11.3 Å². The van der Waals surface area contributed by atoms with Gasteiger partial charge in [-0.3, -0.25) is 14.3 Å². The summed E-state index contributed by atoms with van der Waals surface area (Å²) in [5, 5.41) is 9.45. The standard InChI is InChI=1S/C15H20ClN5OS/c1-9(20(3)4)14-18-19-15(23-10(2)13(17)22)21(14)12-7-5-11(16)6-8-12/h5-10H,1-4H3,(H2,17,22)/t9-,10+/m0/s1. The smallest absolute Gasteiger partial charge is 0.230 e. The maximum Gasteiger partial charge on any atom is 0.230 e. The fraction of sp³-hybridized carbons (Fsp3) is 0.400. The fourth-order valence-corrected chi connectivity index (χ4v) is 2.86. The monoisotopic (exact) mass is 353 g/mol. The molecule has 1 aromatic heterocycles. The van der Waals surface area contributed by atoms with Crippen LogP contribution in [0.2, 0.25) is 5.02 Å². The van der Waals surface area contributed by atoms with Crippen molar-refractivity contribution in [1.82, 2.24) is 19.7 Å². The lowest BCUT2D eigenvalue weighted by molar-refractivity contribution is -0.117. The zero-order chi connectivity index (χ0) is 17.1. The Bertz CT molecular complexity index is 686. The van der Waals surface area contributed by atoms with E-state index in [1.165, 1.54) is 11.8 Å². The summed E-state index contributed by atoms with van der Waals surface area (Å²) in [6.07, 6.45) is 0. The number of amides is 1. The molecule has 0 saturated carbocycles. The van der Waals surface area contributed by atoms with Gasteiger partial charge < -0.3 is 5.73 Å². The number of primary amides is 1. The minimum absolute atomic E-state index is 0.0522. The predicted molar refractivity (Wildman–Crippen MR) is 93.0 cm³/mol. The molecule has 2 N–H and O–H groups in total. The van der Waals surface area contributed by atoms with E-state index in [9.17, 15) is 4.79 Å². The van der Waals surface area contributed by atoms with Gasteiger partial charge in [-0.05, 0) is 52.2 Å². The van der Waals surface area contributed by atoms with Gasteiger partial charge in [0, 0.05) is 10.7 Å². The van der Waals surface area contributed by atoms with Crippen molar-refractivity contribution in [2.45, 2.75) is 30.3 Å². The minimum atomic E-state index is -0.396. The number of nitrogens with zero attached hydrogens (tertiary/aromatic N) is 4. The molecule has 0 radical (unpaired) electrons. The summed E-state index contributed by atoms with van der Waals surface area (Å²) in [5.41, 5.74) is 6.26. The lowest BCUT2D eigenvalue weighted by Gasteiger charge is -2.20. The Morgan fingerprint density at radius 2 is 1.87 bits per heavy atom. The molecule has 1 aromatic carbocycles. The van der Waals surface area contributed by atoms with Crippen LogP contribution < -0.4 is 5.73 Å². The molecule has 0 aliphatic rings. The molecule has 2 atom stereocenters. The number of halogens is 1. The maximum absolute atomic E-state index is 11.4. The number of nitrogens with two attached hydrogens (primary N) is 1. The second kappa shape index (κ2) is 7.33. The number of thioether (sulfide) groups is 1. The van der Waals surface area contributed by atoms with Crippen LogP contribution in [-0.4, -0.2) is 44.9 Å². The van der Waals surface area contributed by atoms with Gasteiger partial charge in [-0.1, -0.05) is 23.4 Å². The molecule has 124 valence electrons. The summed E-state index contributed by atoms with van der Waals surface area (Å²) >= 11 is 7.27. The SMILES string of the molecule is C[C@@H](Sc1nnc([C@H](C)N(C)C)n1-c1ccc(Cl)cc1)C(N)=O. The topological polar surface area (TPSA) is 77.0 Å². The number of rotatable bonds is 6. The van der Waals surface area contributed by atoms with Crippen molar-refractivity contribution in [3.63, 3.8) is 0 Å². The molecule has 6 nitrogen and oxygen atoms in total. The van der Waals surface area contributed by atoms with Gasteiger partial charge >= 0.3 is 0 Å². The van der Waals surface area contributed by atoms with Crippen LogP contribution in [0, 0.1) is 0 Å². The lowest BCUT2D eigenvalue weighted by Crippen LogP contribution is -2.23. The fourth-order valence-electron chi connectivity index (χ4n) is 1.91. The summed E-state index contributed by atoms with van der Waals surface area (Å²) < 4.78 is 1.94. The van der Waals surface area contributed by atoms with Crippen molar-refractivity contribution in [1.29, 1.82) is 0 Å². The number of hydrogen-bond acceptors (Lipinski definition) is 5. The third kappa shape index (κ3) is 4.04. The number of benzene rings is 1. The van der Waals surface area contributed by atoms with Crippen molar-refractivity contribution in [2.75, 3.05) is 14.1 Å². The van der Waals surface area contributed by atoms with E-state index in [-0.39, 0.29) is 11.9 Å². The van der Waals surface area contributed by atoms with Gasteiger partial charge in [0.15, 0.2) is 11.0 Å². The maximum atomic E-state index is 11.4. The van der Waals surface area contributed by atoms with E-state index in [1.54, 1.807) is 6.92 Å². The highest BCUT2D eigenvalue weighted by Crippen LogP contribution is 2.29. The van der Waals surface area contributed by atoms with Gasteiger partial charge in [0.1, 0.15) is 0 Å². The van der Waals surface area contributed by atoms with Crippen LogP contribution in [0.15, 0.2) is 29.4 Å². The summed E-state index contributed by atoms with van der Waals surface area (Å²) in [6, 6.07) is 7.48. The molecule has 2 rings (SSSR count). The molecular weight excluding hydrogens is 334 g/mol. The van der Waals surface area contributed by atoms with Gasteiger partial charge in [-0.15, -0.1) is 10.2 Å². The van der Waals surface area contributed by atoms with Crippen LogP contribution in [0.3, 0.4) is 0 Å². The Labute approximate surface area is 145 Å². The summed E-state index contributed by atoms with van der Waals surface area (Å²) in [6.45, 7) is 3.80. The molecule has 0 fully saturated rings. The van der Waals surface area contributed by atoms with Crippen LogP contribution in [0.5, 0.6) is 0 Å². The molecule has 2 aromatic rings. The van der Waals surface area contributed by atoms with E-state index in [1.807, 2.05) is 54.8 Å². The van der Waals surface area contributed by atoms with Crippen LogP contribution in [0.1, 0.15) is 25.7 Å². The first-order chi connectivity index (χ1) is 10.8. The van der Waals surface area contributed by atoms with Crippen molar-refractivity contribution in [2.24, 2.45) is 5.73 Å².